The monoisotopic (exact) mass is 285 g/mol. The molecule has 0 bridgehead atoms. The molecule has 0 aliphatic heterocycles. The van der Waals surface area contributed by atoms with E-state index < -0.39 is 10.4 Å². The molecule has 8 nitrogen and oxygen atoms in total. The van der Waals surface area contributed by atoms with Crippen LogP contribution in [0.5, 0.6) is 0 Å². The van der Waals surface area contributed by atoms with Crippen molar-refractivity contribution in [3.63, 3.8) is 0 Å². The van der Waals surface area contributed by atoms with Gasteiger partial charge in [0, 0.05) is 6.07 Å². The quantitative estimate of drug-likeness (QED) is 0.425. The van der Waals surface area contributed by atoms with Gasteiger partial charge in [-0.25, -0.2) is 13.4 Å². The number of oxazole rings is 1. The van der Waals surface area contributed by atoms with Gasteiger partial charge < -0.3 is 8.97 Å². The van der Waals surface area contributed by atoms with Crippen LogP contribution in [0.15, 0.2) is 29.1 Å². The third-order valence-corrected chi connectivity index (χ3v) is 2.64. The van der Waals surface area contributed by atoms with E-state index >= 15 is 0 Å². The average Bonchev–Trinajstić information content (AvgIpc) is 2.75. The smallest absolute Gasteiger partial charge is 0.228 e. The summed E-state index contributed by atoms with van der Waals surface area (Å²) in [6.45, 7) is 1.69. The van der Waals surface area contributed by atoms with Crippen LogP contribution < -0.4 is 4.68 Å². The van der Waals surface area contributed by atoms with Gasteiger partial charge in [-0.3, -0.25) is 4.18 Å². The highest BCUT2D eigenvalue weighted by Gasteiger charge is 2.09. The number of aromatic nitrogens is 3. The molecule has 0 saturated heterocycles. The minimum absolute atomic E-state index is 0.145. The van der Waals surface area contributed by atoms with E-state index in [1.807, 2.05) is 6.92 Å². The van der Waals surface area contributed by atoms with Crippen LogP contribution in [0.4, 0.5) is 0 Å². The van der Waals surface area contributed by atoms with Crippen LogP contribution in [-0.4, -0.2) is 29.7 Å². The van der Waals surface area contributed by atoms with Crippen LogP contribution in [0.3, 0.4) is 0 Å². The molecule has 0 atom stereocenters. The normalized spacial score (nSPS) is 11.7. The first-order valence-corrected chi connectivity index (χ1v) is 6.66. The Morgan fingerprint density at radius 1 is 1.53 bits per heavy atom. The summed E-state index contributed by atoms with van der Waals surface area (Å²) in [5.41, 5.74) is 1.46. The topological polar surface area (TPSA) is 109 Å². The molecule has 9 heteroatoms. The molecule has 19 heavy (non-hydrogen) atoms. The highest BCUT2D eigenvalue weighted by Crippen LogP contribution is 2.15. The standard InChI is InChI=1S/C10H11N3O5S/c1-8-7-17-10(12-8)9-2-3-13(11-6-9)4-5-18-19(14,15)16/h2-3,6-7H,4-5H2,1H3. The Kier molecular flexibility index (Phi) is 3.88. The Hall–Kier alpha value is -1.84. The SMILES string of the molecule is Cc1coc(-c2cc[n+](CCOS(=O)(=O)[O-])nc2)n1. The maximum atomic E-state index is 10.2. The van der Waals surface area contributed by atoms with Crippen LogP contribution in [0.2, 0.25) is 0 Å². The Bertz CT molecular complexity index is 650. The van der Waals surface area contributed by atoms with Gasteiger partial charge in [0.05, 0.1) is 11.3 Å². The lowest BCUT2D eigenvalue weighted by Crippen LogP contribution is -2.39. The van der Waals surface area contributed by atoms with Crippen LogP contribution in [0.25, 0.3) is 11.5 Å². The van der Waals surface area contributed by atoms with E-state index in [-0.39, 0.29) is 13.2 Å². The molecule has 0 fully saturated rings. The number of hydrogen-bond donors (Lipinski definition) is 0. The number of hydrogen-bond acceptors (Lipinski definition) is 7. The Balaban J connectivity index is 1.99. The summed E-state index contributed by atoms with van der Waals surface area (Å²) < 4.78 is 41.4. The van der Waals surface area contributed by atoms with Crippen molar-refractivity contribution in [1.82, 2.24) is 10.1 Å². The zero-order chi connectivity index (χ0) is 13.9. The van der Waals surface area contributed by atoms with E-state index in [0.29, 0.717) is 11.5 Å². The number of rotatable bonds is 5. The van der Waals surface area contributed by atoms with E-state index in [9.17, 15) is 13.0 Å². The van der Waals surface area contributed by atoms with E-state index in [2.05, 4.69) is 14.3 Å². The van der Waals surface area contributed by atoms with Crippen molar-refractivity contribution in [3.8, 4) is 11.5 Å². The minimum atomic E-state index is -4.66. The van der Waals surface area contributed by atoms with Crippen LogP contribution in [-0.2, 0) is 21.1 Å². The van der Waals surface area contributed by atoms with E-state index in [0.717, 1.165) is 5.69 Å². The second-order valence-corrected chi connectivity index (χ2v) is 4.76. The molecule has 0 aromatic carbocycles. The zero-order valence-corrected chi connectivity index (χ0v) is 10.8. The van der Waals surface area contributed by atoms with Crippen molar-refractivity contribution in [3.05, 3.63) is 30.4 Å². The molecule has 102 valence electrons. The van der Waals surface area contributed by atoms with E-state index in [4.69, 9.17) is 4.42 Å². The van der Waals surface area contributed by atoms with Gasteiger partial charge in [0.25, 0.3) is 0 Å². The second kappa shape index (κ2) is 5.43. The van der Waals surface area contributed by atoms with E-state index in [1.165, 1.54) is 17.1 Å². The summed E-state index contributed by atoms with van der Waals surface area (Å²) in [6, 6.07) is 1.71. The summed E-state index contributed by atoms with van der Waals surface area (Å²) in [5, 5.41) is 4.02. The van der Waals surface area contributed by atoms with Crippen molar-refractivity contribution in [1.29, 1.82) is 0 Å². The summed E-state index contributed by atoms with van der Waals surface area (Å²) in [7, 11) is -4.66. The van der Waals surface area contributed by atoms with E-state index in [1.54, 1.807) is 12.3 Å². The second-order valence-electron chi connectivity index (χ2n) is 3.70. The largest absolute Gasteiger partial charge is 0.726 e. The third kappa shape index (κ3) is 4.09. The molecule has 0 unspecified atom stereocenters. The highest BCUT2D eigenvalue weighted by atomic mass is 32.3. The van der Waals surface area contributed by atoms with Crippen LogP contribution in [0.1, 0.15) is 5.69 Å². The predicted molar refractivity (Wildman–Crippen MR) is 60.3 cm³/mol. The molecule has 0 saturated carbocycles. The molecular weight excluding hydrogens is 274 g/mol. The Morgan fingerprint density at radius 3 is 2.84 bits per heavy atom. The molecule has 0 spiro atoms. The fraction of sp³-hybridized carbons (Fsp3) is 0.300. The first-order chi connectivity index (χ1) is 8.94. The Labute approximate surface area is 109 Å². The molecule has 0 amide bonds. The van der Waals surface area contributed by atoms with Gasteiger partial charge in [0.1, 0.15) is 19.1 Å². The number of nitrogens with zero attached hydrogens (tertiary/aromatic N) is 3. The molecule has 2 rings (SSSR count). The first-order valence-electron chi connectivity index (χ1n) is 5.32. The summed E-state index contributed by atoms with van der Waals surface area (Å²) in [5.74, 6) is 0.454. The fourth-order valence-electron chi connectivity index (χ4n) is 1.36. The highest BCUT2D eigenvalue weighted by molar-refractivity contribution is 7.80. The van der Waals surface area contributed by atoms with Gasteiger partial charge in [0.2, 0.25) is 16.3 Å². The third-order valence-electron chi connectivity index (χ3n) is 2.19. The number of aryl methyl sites for hydroxylation is 1. The summed E-state index contributed by atoms with van der Waals surface area (Å²) in [6.07, 6.45) is 4.66. The summed E-state index contributed by atoms with van der Waals surface area (Å²) >= 11 is 0. The molecule has 0 N–H and O–H groups in total. The lowest BCUT2D eigenvalue weighted by molar-refractivity contribution is -0.754. The lowest BCUT2D eigenvalue weighted by Gasteiger charge is -2.04. The summed E-state index contributed by atoms with van der Waals surface area (Å²) in [4.78, 5) is 4.14. The molecule has 0 radical (unpaired) electrons. The van der Waals surface area contributed by atoms with Crippen molar-refractivity contribution in [2.75, 3.05) is 6.61 Å². The zero-order valence-electron chi connectivity index (χ0n) is 10.0. The van der Waals surface area contributed by atoms with Gasteiger partial charge in [-0.2, -0.15) is 0 Å². The fourth-order valence-corrected chi connectivity index (χ4v) is 1.64. The molecule has 2 heterocycles. The van der Waals surface area contributed by atoms with Gasteiger partial charge in [-0.15, -0.1) is 0 Å². The van der Waals surface area contributed by atoms with Crippen LogP contribution >= 0.6 is 0 Å². The molecule has 0 aliphatic carbocycles. The molecule has 0 aliphatic rings. The van der Waals surface area contributed by atoms with Gasteiger partial charge in [-0.1, -0.05) is 4.68 Å². The van der Waals surface area contributed by atoms with Gasteiger partial charge in [-0.05, 0) is 12.0 Å². The Morgan fingerprint density at radius 2 is 2.32 bits per heavy atom. The predicted octanol–water partition coefficient (Wildman–Crippen LogP) is -0.191. The maximum absolute atomic E-state index is 10.2. The van der Waals surface area contributed by atoms with Crippen molar-refractivity contribution >= 4 is 10.4 Å². The molecule has 2 aromatic heterocycles. The van der Waals surface area contributed by atoms with Gasteiger partial charge in [0.15, 0.2) is 12.7 Å². The van der Waals surface area contributed by atoms with Crippen molar-refractivity contribution < 1.29 is 26.3 Å². The molecular formula is C10H11N3O5S. The van der Waals surface area contributed by atoms with Gasteiger partial charge >= 0.3 is 0 Å². The maximum Gasteiger partial charge on any atom is 0.228 e. The first kappa shape index (κ1) is 13.6. The van der Waals surface area contributed by atoms with Crippen LogP contribution in [0, 0.1) is 6.92 Å². The minimum Gasteiger partial charge on any atom is -0.726 e. The average molecular weight is 285 g/mol. The van der Waals surface area contributed by atoms with Crippen molar-refractivity contribution in [2.24, 2.45) is 0 Å². The van der Waals surface area contributed by atoms with Crippen molar-refractivity contribution in [2.45, 2.75) is 13.5 Å². The lowest BCUT2D eigenvalue weighted by atomic mass is 10.3. The molecule has 2 aromatic rings.